The highest BCUT2D eigenvalue weighted by Crippen LogP contribution is 2.30. The molecule has 2 fully saturated rings. The van der Waals surface area contributed by atoms with Crippen LogP contribution in [0.25, 0.3) is 0 Å². The van der Waals surface area contributed by atoms with E-state index in [4.69, 9.17) is 4.74 Å². The molecule has 0 atom stereocenters. The van der Waals surface area contributed by atoms with Gasteiger partial charge in [-0.3, -0.25) is 4.79 Å². The molecule has 0 N–H and O–H groups in total. The van der Waals surface area contributed by atoms with E-state index in [1.54, 1.807) is 0 Å². The summed E-state index contributed by atoms with van der Waals surface area (Å²) in [5, 5.41) is 0. The smallest absolute Gasteiger partial charge is 0.248 e. The van der Waals surface area contributed by atoms with E-state index in [1.165, 1.54) is 23.1 Å². The van der Waals surface area contributed by atoms with E-state index in [1.807, 2.05) is 11.9 Å². The van der Waals surface area contributed by atoms with E-state index in [9.17, 15) is 4.79 Å². The average molecular weight is 379 g/mol. The van der Waals surface area contributed by atoms with Gasteiger partial charge >= 0.3 is 0 Å². The summed E-state index contributed by atoms with van der Waals surface area (Å²) >= 11 is 0. The molecule has 4 nitrogen and oxygen atoms in total. The van der Waals surface area contributed by atoms with Crippen LogP contribution in [-0.2, 0) is 22.4 Å². The first-order chi connectivity index (χ1) is 13.6. The van der Waals surface area contributed by atoms with Crippen molar-refractivity contribution >= 4 is 5.91 Å². The molecule has 1 aliphatic carbocycles. The van der Waals surface area contributed by atoms with Crippen LogP contribution in [0.15, 0.2) is 54.6 Å². The molecule has 28 heavy (non-hydrogen) atoms. The van der Waals surface area contributed by atoms with Gasteiger partial charge in [0.15, 0.2) is 0 Å². The van der Waals surface area contributed by atoms with E-state index < -0.39 is 0 Å². The summed E-state index contributed by atoms with van der Waals surface area (Å²) in [7, 11) is 1.88. The van der Waals surface area contributed by atoms with Crippen LogP contribution in [0, 0.1) is 0 Å². The molecule has 0 saturated carbocycles. The number of carbonyl (C=O) groups is 1. The Balaban J connectivity index is 0.000000227. The van der Waals surface area contributed by atoms with Crippen molar-refractivity contribution in [2.75, 3.05) is 39.8 Å². The van der Waals surface area contributed by atoms with Gasteiger partial charge in [0.1, 0.15) is 6.61 Å². The molecule has 3 aliphatic rings. The minimum absolute atomic E-state index is 0.0914. The SMILES string of the molecule is CN1CC2(CCN(CCc3ccccc3)CC2)OCC1=O.c1ccc2c(c1)C2. The monoisotopic (exact) mass is 378 g/mol. The number of amides is 1. The maximum atomic E-state index is 11.5. The summed E-state index contributed by atoms with van der Waals surface area (Å²) in [4.78, 5) is 15.9. The lowest BCUT2D eigenvalue weighted by Gasteiger charge is -2.46. The zero-order chi connectivity index (χ0) is 19.4. The number of hydrogen-bond donors (Lipinski definition) is 0. The summed E-state index contributed by atoms with van der Waals surface area (Å²) in [5.74, 6) is 0.104. The normalized spacial score (nSPS) is 20.3. The summed E-state index contributed by atoms with van der Waals surface area (Å²) in [5.41, 5.74) is 4.37. The van der Waals surface area contributed by atoms with Crippen LogP contribution < -0.4 is 0 Å². The second kappa shape index (κ2) is 8.46. The summed E-state index contributed by atoms with van der Waals surface area (Å²) in [6, 6.07) is 19.2. The molecule has 148 valence electrons. The van der Waals surface area contributed by atoms with Crippen molar-refractivity contribution < 1.29 is 9.53 Å². The van der Waals surface area contributed by atoms with Gasteiger partial charge < -0.3 is 14.5 Å². The molecule has 2 saturated heterocycles. The maximum absolute atomic E-state index is 11.5. The Hall–Kier alpha value is -2.17. The third kappa shape index (κ3) is 4.81. The Bertz CT molecular complexity index is 776. The minimum Gasteiger partial charge on any atom is -0.363 e. The predicted octanol–water partition coefficient (Wildman–Crippen LogP) is 3.14. The first-order valence-electron chi connectivity index (χ1n) is 10.3. The van der Waals surface area contributed by atoms with Gasteiger partial charge in [0.2, 0.25) is 5.91 Å². The lowest BCUT2D eigenvalue weighted by Crippen LogP contribution is -2.57. The second-order valence-corrected chi connectivity index (χ2v) is 8.24. The predicted molar refractivity (Wildman–Crippen MR) is 111 cm³/mol. The standard InChI is InChI=1S/C17H24N2O2.C7H6/c1-18-14-17(21-13-16(18)20)8-11-19(12-9-17)10-7-15-5-3-2-4-6-15;1-2-4-7-5-6(7)3-1/h2-6H,7-14H2,1H3;1-4H,5H2. The highest BCUT2D eigenvalue weighted by atomic mass is 16.5. The van der Waals surface area contributed by atoms with Crippen molar-refractivity contribution in [1.82, 2.24) is 9.80 Å². The van der Waals surface area contributed by atoms with Crippen molar-refractivity contribution in [2.24, 2.45) is 0 Å². The molecule has 4 heteroatoms. The second-order valence-electron chi connectivity index (χ2n) is 8.24. The number of hydrogen-bond acceptors (Lipinski definition) is 3. The van der Waals surface area contributed by atoms with Gasteiger partial charge in [-0.15, -0.1) is 0 Å². The molecule has 2 aliphatic heterocycles. The molecular formula is C24H30N2O2. The molecule has 0 bridgehead atoms. The topological polar surface area (TPSA) is 32.8 Å². The van der Waals surface area contributed by atoms with Crippen LogP contribution in [0.3, 0.4) is 0 Å². The molecular weight excluding hydrogens is 348 g/mol. The number of benzene rings is 2. The molecule has 0 radical (unpaired) electrons. The number of nitrogens with zero attached hydrogens (tertiary/aromatic N) is 2. The molecule has 5 rings (SSSR count). The fourth-order valence-electron chi connectivity index (χ4n) is 4.15. The molecule has 0 aromatic heterocycles. The van der Waals surface area contributed by atoms with Gasteiger partial charge in [-0.05, 0) is 42.4 Å². The largest absolute Gasteiger partial charge is 0.363 e. The Kier molecular flexibility index (Phi) is 5.79. The quantitative estimate of drug-likeness (QED) is 0.702. The number of likely N-dealkylation sites (N-methyl/N-ethyl adjacent to an activating group) is 1. The van der Waals surface area contributed by atoms with E-state index in [2.05, 4.69) is 59.5 Å². The van der Waals surface area contributed by atoms with Crippen molar-refractivity contribution in [2.45, 2.75) is 31.3 Å². The third-order valence-corrected chi connectivity index (χ3v) is 6.15. The van der Waals surface area contributed by atoms with Gasteiger partial charge in [0.25, 0.3) is 0 Å². The van der Waals surface area contributed by atoms with Gasteiger partial charge in [-0.2, -0.15) is 0 Å². The molecule has 1 spiro atoms. The van der Waals surface area contributed by atoms with Crippen LogP contribution in [0.4, 0.5) is 0 Å². The number of likely N-dealkylation sites (tertiary alicyclic amines) is 1. The van der Waals surface area contributed by atoms with E-state index in [0.717, 1.165) is 45.4 Å². The fraction of sp³-hybridized carbons (Fsp3) is 0.458. The highest BCUT2D eigenvalue weighted by molar-refractivity contribution is 5.78. The first-order valence-corrected chi connectivity index (χ1v) is 10.3. The van der Waals surface area contributed by atoms with Crippen LogP contribution in [0.5, 0.6) is 0 Å². The van der Waals surface area contributed by atoms with Gasteiger partial charge in [-0.25, -0.2) is 0 Å². The zero-order valence-corrected chi connectivity index (χ0v) is 16.8. The van der Waals surface area contributed by atoms with Crippen molar-refractivity contribution in [1.29, 1.82) is 0 Å². The molecule has 1 amide bonds. The Labute approximate surface area is 168 Å². The van der Waals surface area contributed by atoms with Gasteiger partial charge in [0, 0.05) is 33.2 Å². The number of piperidine rings is 1. The number of carbonyl (C=O) groups excluding carboxylic acids is 1. The Morgan fingerprint density at radius 2 is 1.61 bits per heavy atom. The third-order valence-electron chi connectivity index (χ3n) is 6.15. The molecule has 2 aromatic rings. The number of ether oxygens (including phenoxy) is 1. The van der Waals surface area contributed by atoms with Crippen molar-refractivity contribution in [3.8, 4) is 0 Å². The van der Waals surface area contributed by atoms with Crippen LogP contribution in [0.2, 0.25) is 0 Å². The average Bonchev–Trinajstić information content (AvgIpc) is 3.52. The summed E-state index contributed by atoms with van der Waals surface area (Å²) in [6.07, 6.45) is 4.40. The zero-order valence-electron chi connectivity index (χ0n) is 16.8. The first kappa shape index (κ1) is 19.2. The van der Waals surface area contributed by atoms with E-state index in [0.29, 0.717) is 0 Å². The molecule has 2 aromatic carbocycles. The number of rotatable bonds is 3. The number of fused-ring (bicyclic) bond motifs is 1. The van der Waals surface area contributed by atoms with Crippen molar-refractivity contribution in [3.63, 3.8) is 0 Å². The lowest BCUT2D eigenvalue weighted by atomic mass is 9.89. The van der Waals surface area contributed by atoms with Gasteiger partial charge in [0.05, 0.1) is 5.60 Å². The van der Waals surface area contributed by atoms with E-state index in [-0.39, 0.29) is 18.1 Å². The van der Waals surface area contributed by atoms with Crippen LogP contribution >= 0.6 is 0 Å². The maximum Gasteiger partial charge on any atom is 0.248 e. The lowest BCUT2D eigenvalue weighted by molar-refractivity contribution is -0.168. The Morgan fingerprint density at radius 3 is 2.21 bits per heavy atom. The van der Waals surface area contributed by atoms with Gasteiger partial charge in [-0.1, -0.05) is 54.6 Å². The van der Waals surface area contributed by atoms with E-state index >= 15 is 0 Å². The Morgan fingerprint density at radius 1 is 0.964 bits per heavy atom. The molecule has 2 heterocycles. The van der Waals surface area contributed by atoms with Crippen LogP contribution in [0.1, 0.15) is 29.5 Å². The fourth-order valence-corrected chi connectivity index (χ4v) is 4.15. The summed E-state index contributed by atoms with van der Waals surface area (Å²) < 4.78 is 5.88. The summed E-state index contributed by atoms with van der Waals surface area (Å²) in [6.45, 7) is 4.23. The highest BCUT2D eigenvalue weighted by Gasteiger charge is 2.40. The number of morpholine rings is 1. The van der Waals surface area contributed by atoms with Crippen molar-refractivity contribution in [3.05, 3.63) is 71.3 Å². The minimum atomic E-state index is -0.0914. The molecule has 0 unspecified atom stereocenters. The van der Waals surface area contributed by atoms with Crippen LogP contribution in [-0.4, -0.2) is 61.1 Å².